The predicted molar refractivity (Wildman–Crippen MR) is 78.0 cm³/mol. The molecule has 1 heterocycles. The van der Waals surface area contributed by atoms with E-state index in [1.165, 1.54) is 0 Å². The van der Waals surface area contributed by atoms with Gasteiger partial charge in [-0.2, -0.15) is 0 Å². The van der Waals surface area contributed by atoms with Crippen molar-refractivity contribution in [2.75, 3.05) is 13.1 Å². The second-order valence-corrected chi connectivity index (χ2v) is 7.05. The lowest BCUT2D eigenvalue weighted by molar-refractivity contribution is 0.117. The number of carbonyl (C=O) groups is 1. The number of piperidine rings is 1. The van der Waals surface area contributed by atoms with Crippen molar-refractivity contribution in [1.29, 1.82) is 0 Å². The standard InChI is InChI=1S/C15H30N2O2/c1-11-6-7-17(12(2)8-11)14(19)16-10-15(4,5)9-13(3)18/h11-13,18H,6-10H2,1-5H3,(H,16,19). The van der Waals surface area contributed by atoms with Crippen molar-refractivity contribution in [3.63, 3.8) is 0 Å². The monoisotopic (exact) mass is 270 g/mol. The molecule has 3 atom stereocenters. The maximum absolute atomic E-state index is 12.2. The number of carbonyl (C=O) groups excluding carboxylic acids is 1. The average Bonchev–Trinajstić information content (AvgIpc) is 2.24. The van der Waals surface area contributed by atoms with E-state index in [4.69, 9.17) is 0 Å². The molecule has 0 aromatic rings. The molecule has 0 aliphatic carbocycles. The second kappa shape index (κ2) is 6.60. The molecule has 1 rings (SSSR count). The van der Waals surface area contributed by atoms with E-state index in [0.29, 0.717) is 24.9 Å². The minimum atomic E-state index is -0.332. The Labute approximate surface area is 117 Å². The van der Waals surface area contributed by atoms with E-state index in [0.717, 1.165) is 19.4 Å². The topological polar surface area (TPSA) is 52.6 Å². The summed E-state index contributed by atoms with van der Waals surface area (Å²) < 4.78 is 0. The number of rotatable bonds is 4. The molecule has 0 spiro atoms. The smallest absolute Gasteiger partial charge is 0.317 e. The van der Waals surface area contributed by atoms with Gasteiger partial charge in [-0.05, 0) is 44.4 Å². The van der Waals surface area contributed by atoms with Gasteiger partial charge in [0, 0.05) is 19.1 Å². The molecule has 0 saturated carbocycles. The quantitative estimate of drug-likeness (QED) is 0.825. The van der Waals surface area contributed by atoms with Crippen LogP contribution in [-0.4, -0.2) is 41.3 Å². The Morgan fingerprint density at radius 3 is 2.63 bits per heavy atom. The normalized spacial score (nSPS) is 26.1. The molecule has 1 aliphatic rings. The molecular formula is C15H30N2O2. The molecular weight excluding hydrogens is 240 g/mol. The molecule has 2 N–H and O–H groups in total. The minimum Gasteiger partial charge on any atom is -0.393 e. The lowest BCUT2D eigenvalue weighted by Crippen LogP contribution is -2.50. The third-order valence-electron chi connectivity index (χ3n) is 3.97. The summed E-state index contributed by atoms with van der Waals surface area (Å²) in [6, 6.07) is 0.363. The predicted octanol–water partition coefficient (Wildman–Crippen LogP) is 2.61. The molecule has 112 valence electrons. The van der Waals surface area contributed by atoms with E-state index < -0.39 is 0 Å². The summed E-state index contributed by atoms with van der Waals surface area (Å²) in [5, 5.41) is 12.5. The lowest BCUT2D eigenvalue weighted by Gasteiger charge is -2.37. The van der Waals surface area contributed by atoms with Gasteiger partial charge in [-0.25, -0.2) is 4.79 Å². The molecule has 2 amide bonds. The van der Waals surface area contributed by atoms with Crippen LogP contribution >= 0.6 is 0 Å². The van der Waals surface area contributed by atoms with Gasteiger partial charge in [0.2, 0.25) is 0 Å². The summed E-state index contributed by atoms with van der Waals surface area (Å²) in [6.45, 7) is 11.8. The zero-order valence-electron chi connectivity index (χ0n) is 13.1. The van der Waals surface area contributed by atoms with Crippen LogP contribution in [0.15, 0.2) is 0 Å². The molecule has 19 heavy (non-hydrogen) atoms. The number of hydrogen-bond acceptors (Lipinski definition) is 2. The number of nitrogens with zero attached hydrogens (tertiary/aromatic N) is 1. The summed E-state index contributed by atoms with van der Waals surface area (Å²) in [4.78, 5) is 14.1. The van der Waals surface area contributed by atoms with Crippen molar-refractivity contribution >= 4 is 6.03 Å². The number of nitrogens with one attached hydrogen (secondary N) is 1. The van der Waals surface area contributed by atoms with Gasteiger partial charge in [0.25, 0.3) is 0 Å². The van der Waals surface area contributed by atoms with Crippen molar-refractivity contribution in [1.82, 2.24) is 10.2 Å². The van der Waals surface area contributed by atoms with Gasteiger partial charge < -0.3 is 15.3 Å². The fourth-order valence-corrected chi connectivity index (χ4v) is 3.00. The summed E-state index contributed by atoms with van der Waals surface area (Å²) in [5.74, 6) is 0.714. The van der Waals surface area contributed by atoms with Crippen LogP contribution in [0.3, 0.4) is 0 Å². The van der Waals surface area contributed by atoms with Crippen LogP contribution in [0.4, 0.5) is 4.79 Å². The number of aliphatic hydroxyl groups excluding tert-OH is 1. The summed E-state index contributed by atoms with van der Waals surface area (Å²) in [7, 11) is 0. The zero-order chi connectivity index (χ0) is 14.6. The molecule has 3 unspecified atom stereocenters. The van der Waals surface area contributed by atoms with Gasteiger partial charge in [0.15, 0.2) is 0 Å². The molecule has 4 heteroatoms. The van der Waals surface area contributed by atoms with Gasteiger partial charge in [-0.15, -0.1) is 0 Å². The van der Waals surface area contributed by atoms with Crippen LogP contribution in [0.25, 0.3) is 0 Å². The van der Waals surface area contributed by atoms with Crippen LogP contribution in [-0.2, 0) is 0 Å². The van der Waals surface area contributed by atoms with Crippen molar-refractivity contribution in [2.24, 2.45) is 11.3 Å². The number of hydrogen-bond donors (Lipinski definition) is 2. The molecule has 1 fully saturated rings. The van der Waals surface area contributed by atoms with E-state index in [9.17, 15) is 9.90 Å². The van der Waals surface area contributed by atoms with Gasteiger partial charge in [0.1, 0.15) is 0 Å². The first-order chi connectivity index (χ1) is 8.71. The first-order valence-corrected chi connectivity index (χ1v) is 7.44. The number of urea groups is 1. The van der Waals surface area contributed by atoms with Crippen molar-refractivity contribution < 1.29 is 9.90 Å². The van der Waals surface area contributed by atoms with Gasteiger partial charge in [0.05, 0.1) is 6.10 Å². The first kappa shape index (κ1) is 16.3. The zero-order valence-corrected chi connectivity index (χ0v) is 13.1. The highest BCUT2D eigenvalue weighted by Crippen LogP contribution is 2.23. The highest BCUT2D eigenvalue weighted by atomic mass is 16.3. The van der Waals surface area contributed by atoms with Crippen molar-refractivity contribution in [2.45, 2.75) is 66.0 Å². The second-order valence-electron chi connectivity index (χ2n) is 7.05. The first-order valence-electron chi connectivity index (χ1n) is 7.44. The fourth-order valence-electron chi connectivity index (χ4n) is 3.00. The summed E-state index contributed by atoms with van der Waals surface area (Å²) in [5.41, 5.74) is -0.0733. The minimum absolute atomic E-state index is 0.0399. The Morgan fingerprint density at radius 1 is 1.47 bits per heavy atom. The Bertz CT molecular complexity index is 303. The molecule has 4 nitrogen and oxygen atoms in total. The molecule has 1 aliphatic heterocycles. The highest BCUT2D eigenvalue weighted by molar-refractivity contribution is 5.74. The van der Waals surface area contributed by atoms with Crippen molar-refractivity contribution in [3.05, 3.63) is 0 Å². The Balaban J connectivity index is 2.42. The van der Waals surface area contributed by atoms with E-state index in [2.05, 4.69) is 33.0 Å². The largest absolute Gasteiger partial charge is 0.393 e. The van der Waals surface area contributed by atoms with Crippen LogP contribution in [0.1, 0.15) is 53.9 Å². The van der Waals surface area contributed by atoms with Crippen molar-refractivity contribution in [3.8, 4) is 0 Å². The van der Waals surface area contributed by atoms with Crippen LogP contribution in [0.5, 0.6) is 0 Å². The molecule has 0 bridgehead atoms. The third kappa shape index (κ3) is 5.39. The maximum Gasteiger partial charge on any atom is 0.317 e. The number of likely N-dealkylation sites (tertiary alicyclic amines) is 1. The SMILES string of the molecule is CC(O)CC(C)(C)CNC(=O)N1CCC(C)CC1C. The summed E-state index contributed by atoms with van der Waals surface area (Å²) >= 11 is 0. The average molecular weight is 270 g/mol. The maximum atomic E-state index is 12.2. The van der Waals surface area contributed by atoms with E-state index >= 15 is 0 Å². The van der Waals surface area contributed by atoms with Crippen LogP contribution in [0, 0.1) is 11.3 Å². The Morgan fingerprint density at radius 2 is 2.11 bits per heavy atom. The van der Waals surface area contributed by atoms with Crippen LogP contribution in [0.2, 0.25) is 0 Å². The van der Waals surface area contributed by atoms with Gasteiger partial charge in [-0.3, -0.25) is 0 Å². The fraction of sp³-hybridized carbons (Fsp3) is 0.933. The third-order valence-corrected chi connectivity index (χ3v) is 3.97. The lowest BCUT2D eigenvalue weighted by atomic mass is 9.87. The summed E-state index contributed by atoms with van der Waals surface area (Å²) in [6.07, 6.45) is 2.54. The molecule has 0 aromatic carbocycles. The number of amides is 2. The molecule has 0 radical (unpaired) electrons. The number of aliphatic hydroxyl groups is 1. The van der Waals surface area contributed by atoms with Crippen LogP contribution < -0.4 is 5.32 Å². The Kier molecular flexibility index (Phi) is 5.65. The molecule has 1 saturated heterocycles. The van der Waals surface area contributed by atoms with Gasteiger partial charge in [-0.1, -0.05) is 20.8 Å². The highest BCUT2D eigenvalue weighted by Gasteiger charge is 2.28. The van der Waals surface area contributed by atoms with E-state index in [1.54, 1.807) is 6.92 Å². The molecule has 0 aromatic heterocycles. The van der Waals surface area contributed by atoms with Gasteiger partial charge >= 0.3 is 6.03 Å². The van der Waals surface area contributed by atoms with E-state index in [-0.39, 0.29) is 17.6 Å². The van der Waals surface area contributed by atoms with E-state index in [1.807, 2.05) is 4.90 Å². The Hall–Kier alpha value is -0.770.